The van der Waals surface area contributed by atoms with Crippen LogP contribution in [0.2, 0.25) is 0 Å². The predicted octanol–water partition coefficient (Wildman–Crippen LogP) is 2.70. The van der Waals surface area contributed by atoms with Crippen LogP contribution < -0.4 is 26.8 Å². The van der Waals surface area contributed by atoms with E-state index in [1.54, 1.807) is 47.3 Å². The molecule has 4 amide bonds. The molecule has 6 rings (SSSR count). The molecule has 6 aromatic rings. The van der Waals surface area contributed by atoms with Crippen molar-refractivity contribution in [2.75, 3.05) is 23.8 Å². The molecule has 0 aliphatic rings. The molecule has 0 radical (unpaired) electrons. The van der Waals surface area contributed by atoms with E-state index in [2.05, 4.69) is 30.9 Å². The summed E-state index contributed by atoms with van der Waals surface area (Å²) in [6, 6.07) is 10.7. The van der Waals surface area contributed by atoms with E-state index in [0.717, 1.165) is 0 Å². The Bertz CT molecular complexity index is 2330. The maximum absolute atomic E-state index is 13.1. The summed E-state index contributed by atoms with van der Waals surface area (Å²) in [7, 11) is 0. The molecule has 262 valence electrons. The van der Waals surface area contributed by atoms with Crippen LogP contribution in [0.4, 0.5) is 11.9 Å². The molecule has 18 heteroatoms. The number of fused-ring (bicyclic) bond motifs is 2. The minimum Gasteiger partial charge on any atom is -0.491 e. The average molecular weight is 697 g/mol. The molecule has 0 unspecified atom stereocenters. The number of ether oxygens (including phenoxy) is 1. The van der Waals surface area contributed by atoms with Gasteiger partial charge in [0.2, 0.25) is 23.7 Å². The molecule has 0 spiro atoms. The van der Waals surface area contributed by atoms with Gasteiger partial charge in [0.15, 0.2) is 11.4 Å². The molecule has 0 bridgehead atoms. The Morgan fingerprint density at radius 2 is 1.37 bits per heavy atom. The van der Waals surface area contributed by atoms with Gasteiger partial charge < -0.3 is 39.5 Å². The number of aromatic nitrogens is 6. The highest BCUT2D eigenvalue weighted by atomic mass is 16.5. The summed E-state index contributed by atoms with van der Waals surface area (Å²) in [5.74, 6) is -1.06. The number of nitrogens with two attached hydrogens (primary N) is 2. The van der Waals surface area contributed by atoms with Gasteiger partial charge in [0.05, 0.1) is 23.2 Å². The van der Waals surface area contributed by atoms with Gasteiger partial charge in [0, 0.05) is 49.4 Å². The number of benzene rings is 2. The Hall–Kier alpha value is -6.82. The van der Waals surface area contributed by atoms with Gasteiger partial charge in [-0.25, -0.2) is 9.97 Å². The van der Waals surface area contributed by atoms with Crippen LogP contribution in [-0.4, -0.2) is 71.4 Å². The van der Waals surface area contributed by atoms with E-state index in [-0.39, 0.29) is 66.5 Å². The summed E-state index contributed by atoms with van der Waals surface area (Å²) in [6.45, 7) is 3.64. The number of nitrogens with zero attached hydrogens (tertiary/aromatic N) is 6. The Morgan fingerprint density at radius 3 is 1.94 bits per heavy atom. The zero-order valence-corrected chi connectivity index (χ0v) is 27.4. The molecule has 4 heterocycles. The molecule has 18 nitrogen and oxygen atoms in total. The van der Waals surface area contributed by atoms with Gasteiger partial charge in [-0.2, -0.15) is 0 Å². The van der Waals surface area contributed by atoms with E-state index >= 15 is 0 Å². The molecule has 2 aromatic carbocycles. The third-order valence-corrected chi connectivity index (χ3v) is 7.60. The summed E-state index contributed by atoms with van der Waals surface area (Å²) in [5, 5.41) is 22.3. The SMILES string of the molecule is Cc1cc(C(=O)Nc2nc3cc(C(N)=O)ccc3n2C/C=C/Cn2c(NC(=O)c3cc(C)on3)nc3cc(C(N)=O)cc(OCCCO)c32)no1. The Labute approximate surface area is 288 Å². The molecule has 0 saturated carbocycles. The van der Waals surface area contributed by atoms with Gasteiger partial charge in [-0.3, -0.25) is 29.8 Å². The number of allylic oxidation sites excluding steroid dienone is 2. The molecule has 7 N–H and O–H groups in total. The summed E-state index contributed by atoms with van der Waals surface area (Å²) in [6.07, 6.45) is 3.90. The van der Waals surface area contributed by atoms with Crippen LogP contribution in [0.3, 0.4) is 0 Å². The molecule has 0 fully saturated rings. The number of rotatable bonds is 14. The standard InChI is InChI=1S/C33H32N10O8/c1-17-12-23(40-50-17)30(47)38-32-36-21-14-19(28(34)45)6-7-25(21)42(32)8-3-4-9-43-27-22(15-20(29(35)46)16-26(27)49-11-5-10-44)37-33(43)39-31(48)24-13-18(2)51-41-24/h3-4,6-7,12-16,44H,5,8-11H2,1-2H3,(H2,34,45)(H2,35,46)(H,36,38,47)(H,37,39,48)/b4-3+. The lowest BCUT2D eigenvalue weighted by molar-refractivity contribution is 0.0992. The van der Waals surface area contributed by atoms with E-state index in [0.29, 0.717) is 40.0 Å². The van der Waals surface area contributed by atoms with Gasteiger partial charge >= 0.3 is 0 Å². The van der Waals surface area contributed by atoms with Gasteiger partial charge in [-0.1, -0.05) is 22.5 Å². The Morgan fingerprint density at radius 1 is 0.804 bits per heavy atom. The van der Waals surface area contributed by atoms with Crippen LogP contribution >= 0.6 is 0 Å². The fourth-order valence-electron chi connectivity index (χ4n) is 5.20. The maximum Gasteiger partial charge on any atom is 0.280 e. The fourth-order valence-corrected chi connectivity index (χ4v) is 5.20. The normalized spacial score (nSPS) is 11.4. The second-order valence-electron chi connectivity index (χ2n) is 11.3. The van der Waals surface area contributed by atoms with E-state index in [9.17, 15) is 24.3 Å². The molecule has 0 aliphatic carbocycles. The van der Waals surface area contributed by atoms with Crippen LogP contribution in [0.25, 0.3) is 22.1 Å². The molecule has 0 saturated heterocycles. The first kappa shape index (κ1) is 34.1. The summed E-state index contributed by atoms with van der Waals surface area (Å²) < 4.78 is 19.4. The van der Waals surface area contributed by atoms with Gasteiger partial charge in [-0.05, 0) is 44.2 Å². The number of aliphatic hydroxyl groups excluding tert-OH is 1. The molecule has 51 heavy (non-hydrogen) atoms. The number of carbonyl (C=O) groups is 4. The number of anilines is 2. The van der Waals surface area contributed by atoms with Crippen molar-refractivity contribution in [1.29, 1.82) is 0 Å². The first-order valence-corrected chi connectivity index (χ1v) is 15.5. The highest BCUT2D eigenvalue weighted by Crippen LogP contribution is 2.31. The number of nitrogens with one attached hydrogen (secondary N) is 2. The number of primary amides is 2. The monoisotopic (exact) mass is 696 g/mol. The lowest BCUT2D eigenvalue weighted by Crippen LogP contribution is -2.17. The van der Waals surface area contributed by atoms with Crippen LogP contribution in [-0.2, 0) is 13.1 Å². The van der Waals surface area contributed by atoms with E-state index in [4.69, 9.17) is 25.3 Å². The molecule has 0 aliphatic heterocycles. The molecular formula is C33H32N10O8. The number of hydrogen-bond acceptors (Lipinski definition) is 12. The molecule has 0 atom stereocenters. The van der Waals surface area contributed by atoms with Crippen molar-refractivity contribution in [2.45, 2.75) is 33.4 Å². The van der Waals surface area contributed by atoms with Gasteiger partial charge in [0.1, 0.15) is 22.8 Å². The van der Waals surface area contributed by atoms with Crippen molar-refractivity contribution >= 4 is 57.6 Å². The fraction of sp³-hybridized carbons (Fsp3) is 0.212. The van der Waals surface area contributed by atoms with Crippen LogP contribution in [0.15, 0.2) is 63.7 Å². The van der Waals surface area contributed by atoms with Crippen LogP contribution in [0.5, 0.6) is 5.75 Å². The highest BCUT2D eigenvalue weighted by molar-refractivity contribution is 6.04. The topological polar surface area (TPSA) is 262 Å². The number of hydrogen-bond donors (Lipinski definition) is 5. The number of amides is 4. The maximum atomic E-state index is 13.1. The second-order valence-corrected chi connectivity index (χ2v) is 11.3. The number of aryl methyl sites for hydroxylation is 2. The van der Waals surface area contributed by atoms with Crippen molar-refractivity contribution in [2.24, 2.45) is 11.5 Å². The zero-order valence-electron chi connectivity index (χ0n) is 27.4. The highest BCUT2D eigenvalue weighted by Gasteiger charge is 2.22. The Balaban J connectivity index is 1.36. The Kier molecular flexibility index (Phi) is 9.58. The smallest absolute Gasteiger partial charge is 0.280 e. The third kappa shape index (κ3) is 7.30. The summed E-state index contributed by atoms with van der Waals surface area (Å²) in [5.41, 5.74) is 13.3. The molecule has 4 aromatic heterocycles. The summed E-state index contributed by atoms with van der Waals surface area (Å²) >= 11 is 0. The minimum atomic E-state index is -0.709. The van der Waals surface area contributed by atoms with Crippen molar-refractivity contribution in [3.8, 4) is 5.75 Å². The third-order valence-electron chi connectivity index (χ3n) is 7.60. The van der Waals surface area contributed by atoms with Gasteiger partial charge in [0.25, 0.3) is 11.8 Å². The number of imidazole rings is 2. The first-order valence-electron chi connectivity index (χ1n) is 15.5. The average Bonchev–Trinajstić information content (AvgIpc) is 3.88. The van der Waals surface area contributed by atoms with Crippen molar-refractivity contribution < 1.29 is 38.1 Å². The first-order chi connectivity index (χ1) is 24.5. The van der Waals surface area contributed by atoms with Crippen molar-refractivity contribution in [1.82, 2.24) is 29.4 Å². The lowest BCUT2D eigenvalue weighted by Gasteiger charge is -2.12. The quantitative estimate of drug-likeness (QED) is 0.0813. The van der Waals surface area contributed by atoms with E-state index < -0.39 is 23.6 Å². The second kappa shape index (κ2) is 14.3. The number of aliphatic hydroxyl groups is 1. The lowest BCUT2D eigenvalue weighted by atomic mass is 10.1. The van der Waals surface area contributed by atoms with Gasteiger partial charge in [-0.15, -0.1) is 0 Å². The summed E-state index contributed by atoms with van der Waals surface area (Å²) in [4.78, 5) is 59.2. The van der Waals surface area contributed by atoms with E-state index in [1.807, 2.05) is 0 Å². The van der Waals surface area contributed by atoms with Crippen molar-refractivity contribution in [3.05, 3.63) is 88.7 Å². The minimum absolute atomic E-state index is 0.0285. The number of carbonyl (C=O) groups excluding carboxylic acids is 4. The van der Waals surface area contributed by atoms with Crippen molar-refractivity contribution in [3.63, 3.8) is 0 Å². The molecular weight excluding hydrogens is 664 g/mol. The zero-order chi connectivity index (χ0) is 36.2. The largest absolute Gasteiger partial charge is 0.491 e. The van der Waals surface area contributed by atoms with Crippen LogP contribution in [0, 0.1) is 13.8 Å². The predicted molar refractivity (Wildman–Crippen MR) is 181 cm³/mol. The van der Waals surface area contributed by atoms with E-state index in [1.165, 1.54) is 30.3 Å². The van der Waals surface area contributed by atoms with Crippen LogP contribution in [0.1, 0.15) is 59.6 Å².